The van der Waals surface area contributed by atoms with E-state index in [9.17, 15) is 4.79 Å². The zero-order valence-electron chi connectivity index (χ0n) is 13.1. The Bertz CT molecular complexity index is 513. The molecule has 1 saturated heterocycles. The summed E-state index contributed by atoms with van der Waals surface area (Å²) in [6.45, 7) is 6.76. The number of hydrogen-bond donors (Lipinski definition) is 0. The number of nitrogens with zero attached hydrogens (tertiary/aromatic N) is 3. The normalized spacial score (nSPS) is 22.5. The predicted octanol–water partition coefficient (Wildman–Crippen LogP) is 2.37. The Labute approximate surface area is 127 Å². The third-order valence-corrected chi connectivity index (χ3v) is 4.77. The van der Waals surface area contributed by atoms with E-state index in [2.05, 4.69) is 27.8 Å². The molecule has 1 aromatic rings. The molecule has 1 aliphatic heterocycles. The maximum absolute atomic E-state index is 11.8. The summed E-state index contributed by atoms with van der Waals surface area (Å²) in [6, 6.07) is 5.13. The molecule has 1 aliphatic carbocycles. The van der Waals surface area contributed by atoms with Crippen LogP contribution in [0.4, 0.5) is 0 Å². The van der Waals surface area contributed by atoms with Gasteiger partial charge >= 0.3 is 0 Å². The van der Waals surface area contributed by atoms with E-state index in [1.165, 1.54) is 36.9 Å². The molecule has 0 N–H and O–H groups in total. The number of rotatable bonds is 5. The molecule has 4 nitrogen and oxygen atoms in total. The molecular formula is C17H25N3O. The highest BCUT2D eigenvalue weighted by molar-refractivity contribution is 5.74. The monoisotopic (exact) mass is 287 g/mol. The van der Waals surface area contributed by atoms with Crippen molar-refractivity contribution in [3.63, 3.8) is 0 Å². The van der Waals surface area contributed by atoms with Gasteiger partial charge in [-0.2, -0.15) is 0 Å². The second kappa shape index (κ2) is 6.14. The van der Waals surface area contributed by atoms with Gasteiger partial charge in [-0.1, -0.05) is 6.07 Å². The van der Waals surface area contributed by atoms with Crippen LogP contribution in [-0.2, 0) is 11.3 Å². The van der Waals surface area contributed by atoms with Gasteiger partial charge in [0.1, 0.15) is 0 Å². The number of aryl methyl sites for hydroxylation is 1. The van der Waals surface area contributed by atoms with Gasteiger partial charge in [-0.05, 0) is 50.8 Å². The summed E-state index contributed by atoms with van der Waals surface area (Å²) in [7, 11) is 0. The van der Waals surface area contributed by atoms with E-state index < -0.39 is 0 Å². The van der Waals surface area contributed by atoms with Crippen LogP contribution >= 0.6 is 0 Å². The number of carbonyl (C=O) groups is 1. The Hall–Kier alpha value is -1.42. The molecule has 0 spiro atoms. The molecule has 2 aliphatic rings. The topological polar surface area (TPSA) is 36.4 Å². The van der Waals surface area contributed by atoms with Crippen LogP contribution in [0.15, 0.2) is 18.3 Å². The quantitative estimate of drug-likeness (QED) is 0.834. The Morgan fingerprint density at radius 1 is 1.43 bits per heavy atom. The molecule has 0 bridgehead atoms. The van der Waals surface area contributed by atoms with Crippen molar-refractivity contribution in [3.05, 3.63) is 29.6 Å². The van der Waals surface area contributed by atoms with E-state index in [0.717, 1.165) is 19.6 Å². The van der Waals surface area contributed by atoms with Crippen molar-refractivity contribution in [2.75, 3.05) is 13.1 Å². The molecule has 3 rings (SSSR count). The molecular weight excluding hydrogens is 262 g/mol. The van der Waals surface area contributed by atoms with Gasteiger partial charge < -0.3 is 4.90 Å². The summed E-state index contributed by atoms with van der Waals surface area (Å²) >= 11 is 0. The first kappa shape index (κ1) is 14.5. The minimum absolute atomic E-state index is 0.235. The molecule has 0 aromatic carbocycles. The Balaban J connectivity index is 1.65. The highest BCUT2D eigenvalue weighted by Crippen LogP contribution is 2.29. The third kappa shape index (κ3) is 3.43. The zero-order chi connectivity index (χ0) is 14.8. The second-order valence-electron chi connectivity index (χ2n) is 6.44. The van der Waals surface area contributed by atoms with E-state index in [4.69, 9.17) is 0 Å². The summed E-state index contributed by atoms with van der Waals surface area (Å²) < 4.78 is 0. The molecule has 1 atom stereocenters. The first-order valence-corrected chi connectivity index (χ1v) is 8.07. The molecule has 0 radical (unpaired) electrons. The van der Waals surface area contributed by atoms with Crippen molar-refractivity contribution < 1.29 is 4.79 Å². The van der Waals surface area contributed by atoms with Crippen LogP contribution in [-0.4, -0.2) is 45.9 Å². The standard InChI is InChI=1S/C17H25N3O/c1-13-5-3-9-18-17(13)12-19-10-4-6-16(19)11-20(14(2)21)15-7-8-15/h3,5,9,15-16H,4,6-8,10-12H2,1-2H3/t16-/m1/s1. The number of pyridine rings is 1. The smallest absolute Gasteiger partial charge is 0.219 e. The number of amides is 1. The highest BCUT2D eigenvalue weighted by atomic mass is 16.2. The van der Waals surface area contributed by atoms with E-state index >= 15 is 0 Å². The van der Waals surface area contributed by atoms with Gasteiger partial charge in [0.05, 0.1) is 5.69 Å². The molecule has 1 saturated carbocycles. The molecule has 0 unspecified atom stereocenters. The minimum Gasteiger partial charge on any atom is -0.338 e. The summed E-state index contributed by atoms with van der Waals surface area (Å²) in [6.07, 6.45) is 6.67. The van der Waals surface area contributed by atoms with Gasteiger partial charge in [0, 0.05) is 38.3 Å². The fraction of sp³-hybridized carbons (Fsp3) is 0.647. The lowest BCUT2D eigenvalue weighted by atomic mass is 10.1. The minimum atomic E-state index is 0.235. The summed E-state index contributed by atoms with van der Waals surface area (Å²) in [4.78, 5) is 20.9. The number of carbonyl (C=O) groups excluding carboxylic acids is 1. The molecule has 1 aromatic heterocycles. The van der Waals surface area contributed by atoms with E-state index in [1.54, 1.807) is 6.92 Å². The van der Waals surface area contributed by atoms with Crippen molar-refractivity contribution >= 4 is 5.91 Å². The van der Waals surface area contributed by atoms with Crippen LogP contribution in [0.1, 0.15) is 43.9 Å². The van der Waals surface area contributed by atoms with Crippen LogP contribution in [0.3, 0.4) is 0 Å². The number of likely N-dealkylation sites (tertiary alicyclic amines) is 1. The van der Waals surface area contributed by atoms with Crippen molar-refractivity contribution in [3.8, 4) is 0 Å². The number of aromatic nitrogens is 1. The van der Waals surface area contributed by atoms with Crippen LogP contribution in [0.2, 0.25) is 0 Å². The molecule has 114 valence electrons. The van der Waals surface area contributed by atoms with Gasteiger partial charge in [0.25, 0.3) is 0 Å². The Morgan fingerprint density at radius 2 is 2.24 bits per heavy atom. The fourth-order valence-electron chi connectivity index (χ4n) is 3.33. The van der Waals surface area contributed by atoms with Crippen molar-refractivity contribution in [1.82, 2.24) is 14.8 Å². The van der Waals surface area contributed by atoms with Gasteiger partial charge in [0.15, 0.2) is 0 Å². The molecule has 2 heterocycles. The van der Waals surface area contributed by atoms with Gasteiger partial charge in [-0.3, -0.25) is 14.7 Å². The summed E-state index contributed by atoms with van der Waals surface area (Å²) in [5.74, 6) is 0.235. The van der Waals surface area contributed by atoms with Crippen LogP contribution in [0.25, 0.3) is 0 Å². The Morgan fingerprint density at radius 3 is 2.90 bits per heavy atom. The average Bonchev–Trinajstić information content (AvgIpc) is 3.20. The third-order valence-electron chi connectivity index (χ3n) is 4.77. The first-order chi connectivity index (χ1) is 10.1. The molecule has 1 amide bonds. The maximum atomic E-state index is 11.8. The lowest BCUT2D eigenvalue weighted by Gasteiger charge is -2.30. The maximum Gasteiger partial charge on any atom is 0.219 e. The summed E-state index contributed by atoms with van der Waals surface area (Å²) in [5.41, 5.74) is 2.43. The molecule has 2 fully saturated rings. The molecule has 4 heteroatoms. The lowest BCUT2D eigenvalue weighted by Crippen LogP contribution is -2.43. The predicted molar refractivity (Wildman–Crippen MR) is 82.8 cm³/mol. The zero-order valence-corrected chi connectivity index (χ0v) is 13.1. The van der Waals surface area contributed by atoms with Gasteiger partial charge in [-0.15, -0.1) is 0 Å². The van der Waals surface area contributed by atoms with E-state index in [0.29, 0.717) is 12.1 Å². The number of hydrogen-bond acceptors (Lipinski definition) is 3. The summed E-state index contributed by atoms with van der Waals surface area (Å²) in [5, 5.41) is 0. The Kier molecular flexibility index (Phi) is 4.24. The van der Waals surface area contributed by atoms with Crippen molar-refractivity contribution in [2.45, 2.75) is 58.2 Å². The van der Waals surface area contributed by atoms with Gasteiger partial charge in [0.2, 0.25) is 5.91 Å². The van der Waals surface area contributed by atoms with Crippen molar-refractivity contribution in [2.24, 2.45) is 0 Å². The largest absolute Gasteiger partial charge is 0.338 e. The van der Waals surface area contributed by atoms with E-state index in [-0.39, 0.29) is 5.91 Å². The lowest BCUT2D eigenvalue weighted by molar-refractivity contribution is -0.130. The van der Waals surface area contributed by atoms with Gasteiger partial charge in [-0.25, -0.2) is 0 Å². The average molecular weight is 287 g/mol. The van der Waals surface area contributed by atoms with Crippen LogP contribution in [0, 0.1) is 6.92 Å². The van der Waals surface area contributed by atoms with E-state index in [1.807, 2.05) is 12.3 Å². The van der Waals surface area contributed by atoms with Crippen molar-refractivity contribution in [1.29, 1.82) is 0 Å². The SMILES string of the molecule is CC(=O)N(C[C@H]1CCCN1Cc1ncccc1C)C1CC1. The first-order valence-electron chi connectivity index (χ1n) is 8.07. The van der Waals surface area contributed by atoms with Crippen LogP contribution < -0.4 is 0 Å². The second-order valence-corrected chi connectivity index (χ2v) is 6.44. The highest BCUT2D eigenvalue weighted by Gasteiger charge is 2.35. The van der Waals surface area contributed by atoms with Crippen LogP contribution in [0.5, 0.6) is 0 Å². The molecule has 21 heavy (non-hydrogen) atoms. The fourth-order valence-corrected chi connectivity index (χ4v) is 3.33.